The fourth-order valence-corrected chi connectivity index (χ4v) is 8.56. The molecule has 0 spiro atoms. The van der Waals surface area contributed by atoms with E-state index in [-0.39, 0.29) is 78.0 Å². The zero-order valence-electron chi connectivity index (χ0n) is 32.9. The van der Waals surface area contributed by atoms with Gasteiger partial charge >= 0.3 is 6.03 Å². The Morgan fingerprint density at radius 1 is 1.00 bits per heavy atom. The summed E-state index contributed by atoms with van der Waals surface area (Å²) in [5.74, 6) is -0.278. The van der Waals surface area contributed by atoms with Gasteiger partial charge in [-0.2, -0.15) is 0 Å². The number of hydrogen-bond acceptors (Lipinski definition) is 11. The summed E-state index contributed by atoms with van der Waals surface area (Å²) in [4.78, 5) is 67.9. The number of nitrogens with one attached hydrogen (secondary N) is 5. The molecule has 0 saturated carbocycles. The molecular formula is C42H51BN10O5. The van der Waals surface area contributed by atoms with Crippen LogP contribution in [0, 0.1) is 6.92 Å². The third kappa shape index (κ3) is 9.63. The summed E-state index contributed by atoms with van der Waals surface area (Å²) in [6, 6.07) is 11.8. The molecule has 302 valence electrons. The van der Waals surface area contributed by atoms with Crippen LogP contribution in [-0.2, 0) is 28.9 Å². The molecule has 8 rings (SSSR count). The molecule has 5 heterocycles. The number of amides is 3. The number of hydrogen-bond donors (Lipinski definition) is 5. The van der Waals surface area contributed by atoms with Crippen LogP contribution in [0.2, 0.25) is 0 Å². The molecule has 4 aromatic rings. The molecule has 5 N–H and O–H groups in total. The van der Waals surface area contributed by atoms with Gasteiger partial charge in [0.1, 0.15) is 7.85 Å². The van der Waals surface area contributed by atoms with Crippen molar-refractivity contribution in [2.24, 2.45) is 0 Å². The zero-order valence-corrected chi connectivity index (χ0v) is 32.9. The SMILES string of the molecule is [B]c1cc2ncn(CC(=O)CC3NCCCC3OCC(CC3CN3)NC3CCN(C(=O)Nc4nccnc4C(=O)NC4Cc5ccccc5C4)CC3)c(=O)c2cc1C. The van der Waals surface area contributed by atoms with Crippen molar-refractivity contribution in [3.63, 3.8) is 0 Å². The summed E-state index contributed by atoms with van der Waals surface area (Å²) in [5, 5.41) is 17.1. The first-order valence-corrected chi connectivity index (χ1v) is 20.5. The van der Waals surface area contributed by atoms with Crippen molar-refractivity contribution >= 4 is 47.8 Å². The number of urea groups is 1. The fraction of sp³-hybridized carbons (Fsp3) is 0.500. The topological polar surface area (TPSA) is 194 Å². The maximum Gasteiger partial charge on any atom is 0.323 e. The van der Waals surface area contributed by atoms with Crippen molar-refractivity contribution in [1.29, 1.82) is 0 Å². The number of carbonyl (C=O) groups excluding carboxylic acids is 3. The number of aryl methyl sites for hydroxylation is 1. The molecule has 3 aliphatic heterocycles. The third-order valence-electron chi connectivity index (χ3n) is 11.9. The number of rotatable bonds is 14. The number of benzene rings is 2. The number of likely N-dealkylation sites (tertiary alicyclic amines) is 1. The summed E-state index contributed by atoms with van der Waals surface area (Å²) < 4.78 is 7.96. The Morgan fingerprint density at radius 2 is 1.76 bits per heavy atom. The molecule has 15 nitrogen and oxygen atoms in total. The van der Waals surface area contributed by atoms with Crippen LogP contribution < -0.4 is 37.6 Å². The third-order valence-corrected chi connectivity index (χ3v) is 11.9. The minimum atomic E-state index is -0.360. The van der Waals surface area contributed by atoms with Crippen LogP contribution in [0.15, 0.2) is 59.9 Å². The van der Waals surface area contributed by atoms with Crippen LogP contribution in [0.1, 0.15) is 65.7 Å². The van der Waals surface area contributed by atoms with Crippen LogP contribution in [0.3, 0.4) is 0 Å². The molecule has 3 amide bonds. The average molecular weight is 787 g/mol. The summed E-state index contributed by atoms with van der Waals surface area (Å²) >= 11 is 0. The van der Waals surface area contributed by atoms with Crippen molar-refractivity contribution in [3.8, 4) is 0 Å². The highest BCUT2D eigenvalue weighted by molar-refractivity contribution is 6.34. The van der Waals surface area contributed by atoms with E-state index in [1.807, 2.05) is 19.1 Å². The molecule has 1 aliphatic carbocycles. The molecule has 4 aliphatic rings. The molecule has 4 unspecified atom stereocenters. The van der Waals surface area contributed by atoms with Gasteiger partial charge in [0.25, 0.3) is 11.5 Å². The number of anilines is 1. The second kappa shape index (κ2) is 17.9. The van der Waals surface area contributed by atoms with Crippen LogP contribution in [-0.4, -0.2) is 119 Å². The van der Waals surface area contributed by atoms with Gasteiger partial charge < -0.3 is 30.9 Å². The number of ether oxygens (including phenoxy) is 1. The lowest BCUT2D eigenvalue weighted by atomic mass is 9.90. The van der Waals surface area contributed by atoms with Gasteiger partial charge in [-0.05, 0) is 81.7 Å². The number of aromatic nitrogens is 4. The number of Topliss-reactive ketones (excluding diaryl/α,β-unsaturated/α-hetero) is 1. The van der Waals surface area contributed by atoms with E-state index in [1.165, 1.54) is 34.4 Å². The minimum Gasteiger partial charge on any atom is -0.375 e. The van der Waals surface area contributed by atoms with E-state index in [2.05, 4.69) is 53.7 Å². The summed E-state index contributed by atoms with van der Waals surface area (Å²) in [6.07, 6.45) is 10.2. The second-order valence-corrected chi connectivity index (χ2v) is 16.2. The molecule has 4 atom stereocenters. The molecular weight excluding hydrogens is 735 g/mol. The Labute approximate surface area is 338 Å². The lowest BCUT2D eigenvalue weighted by Crippen LogP contribution is -2.52. The van der Waals surface area contributed by atoms with Gasteiger partial charge in [-0.3, -0.25) is 24.3 Å². The molecule has 3 fully saturated rings. The lowest BCUT2D eigenvalue weighted by molar-refractivity contribution is -0.121. The van der Waals surface area contributed by atoms with Crippen LogP contribution >= 0.6 is 0 Å². The standard InChI is InChI=1S/C42H51BN10O5/c1-25-15-33-35(20-34(25)43)48-24-53(41(33)56)22-32(54)19-36-37(7-4-10-44-36)58-23-31(18-30-21-47-30)49-28-8-13-52(14-9-28)42(57)51-39-38(45-11-12-46-39)40(55)50-29-16-26-5-2-3-6-27(26)17-29/h2-3,5-6,11-12,15,20,24,28-31,36-37,44,47,49H,4,7-10,13-14,16-19,21-23H2,1H3,(H,50,55)(H,46,51,57). The maximum absolute atomic E-state index is 13.4. The first-order valence-electron chi connectivity index (χ1n) is 20.5. The Balaban J connectivity index is 0.812. The Kier molecular flexibility index (Phi) is 12.2. The van der Waals surface area contributed by atoms with E-state index in [0.29, 0.717) is 42.1 Å². The number of piperidine rings is 2. The summed E-state index contributed by atoms with van der Waals surface area (Å²) in [6.45, 7) is 5.15. The Hall–Kier alpha value is -5.03. The first kappa shape index (κ1) is 39.8. The summed E-state index contributed by atoms with van der Waals surface area (Å²) in [7, 11) is 6.00. The molecule has 3 saturated heterocycles. The van der Waals surface area contributed by atoms with E-state index in [4.69, 9.17) is 12.6 Å². The smallest absolute Gasteiger partial charge is 0.323 e. The Morgan fingerprint density at radius 3 is 2.52 bits per heavy atom. The predicted octanol–water partition coefficient (Wildman–Crippen LogP) is 1.30. The van der Waals surface area contributed by atoms with E-state index in [0.717, 1.165) is 63.6 Å². The van der Waals surface area contributed by atoms with Gasteiger partial charge in [-0.15, -0.1) is 0 Å². The normalized spacial score (nSPS) is 21.4. The van der Waals surface area contributed by atoms with Crippen LogP contribution in [0.25, 0.3) is 10.9 Å². The number of fused-ring (bicyclic) bond motifs is 2. The highest BCUT2D eigenvalue weighted by atomic mass is 16.5. The Bertz CT molecular complexity index is 2180. The highest BCUT2D eigenvalue weighted by Crippen LogP contribution is 2.23. The zero-order chi connectivity index (χ0) is 40.2. The lowest BCUT2D eigenvalue weighted by Gasteiger charge is -2.36. The minimum absolute atomic E-state index is 0.0408. The first-order chi connectivity index (χ1) is 28.2. The van der Waals surface area contributed by atoms with Crippen molar-refractivity contribution in [2.45, 2.75) is 101 Å². The molecule has 58 heavy (non-hydrogen) atoms. The van der Waals surface area contributed by atoms with Gasteiger partial charge in [0, 0.05) is 68.7 Å². The van der Waals surface area contributed by atoms with Crippen molar-refractivity contribution in [3.05, 3.63) is 87.9 Å². The van der Waals surface area contributed by atoms with Crippen molar-refractivity contribution in [1.82, 2.24) is 45.7 Å². The number of ketones is 1. The van der Waals surface area contributed by atoms with Crippen molar-refractivity contribution < 1.29 is 19.1 Å². The second-order valence-electron chi connectivity index (χ2n) is 16.2. The highest BCUT2D eigenvalue weighted by Gasteiger charge is 2.33. The molecule has 2 radical (unpaired) electrons. The van der Waals surface area contributed by atoms with Gasteiger partial charge in [-0.1, -0.05) is 35.3 Å². The number of nitrogens with zero attached hydrogens (tertiary/aromatic N) is 5. The molecule has 2 aromatic carbocycles. The predicted molar refractivity (Wildman–Crippen MR) is 221 cm³/mol. The monoisotopic (exact) mass is 786 g/mol. The fourth-order valence-electron chi connectivity index (χ4n) is 8.56. The van der Waals surface area contributed by atoms with Crippen LogP contribution in [0.5, 0.6) is 0 Å². The quantitative estimate of drug-likeness (QED) is 0.0914. The largest absolute Gasteiger partial charge is 0.375 e. The van der Waals surface area contributed by atoms with Crippen molar-refractivity contribution in [2.75, 3.05) is 38.1 Å². The van der Waals surface area contributed by atoms with E-state index in [1.54, 1.807) is 17.0 Å². The van der Waals surface area contributed by atoms with Gasteiger partial charge in [0.2, 0.25) is 0 Å². The maximum atomic E-state index is 13.4. The van der Waals surface area contributed by atoms with Crippen LogP contribution in [0.4, 0.5) is 10.6 Å². The van der Waals surface area contributed by atoms with E-state index < -0.39 is 0 Å². The van der Waals surface area contributed by atoms with E-state index in [9.17, 15) is 19.2 Å². The molecule has 16 heteroatoms. The number of carbonyl (C=O) groups is 3. The molecule has 2 aromatic heterocycles. The molecule has 0 bridgehead atoms. The average Bonchev–Trinajstić information content (AvgIpc) is 3.95. The summed E-state index contributed by atoms with van der Waals surface area (Å²) in [5.41, 5.74) is 4.18. The van der Waals surface area contributed by atoms with Gasteiger partial charge in [-0.25, -0.2) is 19.7 Å². The van der Waals surface area contributed by atoms with E-state index >= 15 is 0 Å². The van der Waals surface area contributed by atoms with Gasteiger partial charge in [0.15, 0.2) is 17.3 Å². The van der Waals surface area contributed by atoms with Gasteiger partial charge in [0.05, 0.1) is 36.5 Å².